The average molecular weight is 638 g/mol. The van der Waals surface area contributed by atoms with Crippen LogP contribution in [0.3, 0.4) is 0 Å². The van der Waals surface area contributed by atoms with Gasteiger partial charge in [0.15, 0.2) is 0 Å². The minimum Gasteiger partial charge on any atom is -0.543 e. The minimum absolute atomic E-state index is 0. The molecule has 5 N–H and O–H groups in total. The third-order valence-corrected chi connectivity index (χ3v) is 3.48. The Morgan fingerprint density at radius 2 is 0.946 bits per heavy atom. The Morgan fingerprint density at radius 1 is 0.622 bits per heavy atom. The Hall–Kier alpha value is -3.38. The molecular formula is C21H20F6N4O4PRu+. The van der Waals surface area contributed by atoms with Crippen molar-refractivity contribution in [1.29, 1.82) is 0 Å². The molecule has 0 bridgehead atoms. The first-order valence-corrected chi connectivity index (χ1v) is 11.2. The molecule has 0 radical (unpaired) electrons. The van der Waals surface area contributed by atoms with E-state index in [9.17, 15) is 35.1 Å². The quantitative estimate of drug-likeness (QED) is 0.141. The van der Waals surface area contributed by atoms with Gasteiger partial charge in [-0.3, -0.25) is 15.0 Å². The predicted octanol–water partition coefficient (Wildman–Crippen LogP) is 4.28. The van der Waals surface area contributed by atoms with Crippen LogP contribution in [0.25, 0.3) is 22.8 Å². The smallest absolute Gasteiger partial charge is 0.543 e. The summed E-state index contributed by atoms with van der Waals surface area (Å²) in [6.45, 7) is 0. The minimum atomic E-state index is -10.7. The van der Waals surface area contributed by atoms with Crippen molar-refractivity contribution >= 4 is 13.8 Å². The molecular weight excluding hydrogens is 618 g/mol. The summed E-state index contributed by atoms with van der Waals surface area (Å²) in [4.78, 5) is 27.0. The van der Waals surface area contributed by atoms with Crippen molar-refractivity contribution < 1.29 is 65.5 Å². The molecule has 202 valence electrons. The third-order valence-electron chi connectivity index (χ3n) is 3.48. The van der Waals surface area contributed by atoms with Crippen LogP contribution in [0.4, 0.5) is 25.2 Å². The molecule has 8 nitrogen and oxygen atoms in total. The molecule has 0 aliphatic rings. The maximum absolute atomic E-state index is 10.7. The number of hydrogen-bond acceptors (Lipinski definition) is 6. The van der Waals surface area contributed by atoms with E-state index in [0.29, 0.717) is 11.4 Å². The number of carboxylic acids is 1. The SMILES string of the molecule is F[P-](F)(F)(F)(F)F.O.O=C([O-])c1cccc(-c2ccccn2)n1.[OH3+].[Ru+2].c1ccc(-c2ccccn2)nc1. The van der Waals surface area contributed by atoms with E-state index in [2.05, 4.69) is 19.9 Å². The van der Waals surface area contributed by atoms with Gasteiger partial charge in [0.1, 0.15) is 0 Å². The number of pyridine rings is 4. The summed E-state index contributed by atoms with van der Waals surface area (Å²) in [6.07, 6.45) is 5.16. The zero-order valence-electron chi connectivity index (χ0n) is 18.4. The van der Waals surface area contributed by atoms with Gasteiger partial charge in [-0.2, -0.15) is 0 Å². The molecule has 0 aromatic carbocycles. The summed E-state index contributed by atoms with van der Waals surface area (Å²) in [7, 11) is -10.7. The van der Waals surface area contributed by atoms with Crippen molar-refractivity contribution in [1.82, 2.24) is 19.9 Å². The monoisotopic (exact) mass is 639 g/mol. The maximum Gasteiger partial charge on any atom is 2.00 e. The standard InChI is InChI=1S/C11H8N2O2.C10H8N2.F6P.2H2O.Ru/c14-11(15)10-6-3-5-9(13-10)8-4-1-2-7-12-8;1-3-7-11-9(5-1)10-6-2-4-8-12-10;1-7(2,3,4,5)6;;;/h1-7H,(H,14,15);1-8H;;2*1H2;/q;;-1;;;+2. The molecule has 0 aliphatic carbocycles. The van der Waals surface area contributed by atoms with E-state index >= 15 is 0 Å². The number of carboxylic acid groups (broad SMARTS) is 1. The molecule has 4 rings (SSSR count). The molecule has 0 fully saturated rings. The molecule has 4 aromatic rings. The van der Waals surface area contributed by atoms with Gasteiger partial charge in [-0.25, -0.2) is 4.98 Å². The second-order valence-electron chi connectivity index (χ2n) is 6.30. The van der Waals surface area contributed by atoms with Crippen molar-refractivity contribution in [2.75, 3.05) is 0 Å². The third kappa shape index (κ3) is 16.8. The summed E-state index contributed by atoms with van der Waals surface area (Å²) in [5.41, 5.74) is 2.91. The van der Waals surface area contributed by atoms with Gasteiger partial charge in [0, 0.05) is 18.6 Å². The van der Waals surface area contributed by atoms with Gasteiger partial charge in [0.05, 0.1) is 34.4 Å². The Labute approximate surface area is 219 Å². The first-order chi connectivity index (χ1) is 15.7. The van der Waals surface area contributed by atoms with Crippen LogP contribution in [0.15, 0.2) is 91.4 Å². The van der Waals surface area contributed by atoms with E-state index in [1.54, 1.807) is 42.9 Å². The van der Waals surface area contributed by atoms with Crippen LogP contribution in [0.5, 0.6) is 0 Å². The fourth-order valence-corrected chi connectivity index (χ4v) is 2.23. The average Bonchev–Trinajstić information content (AvgIpc) is 2.79. The first kappa shape index (κ1) is 35.8. The fraction of sp³-hybridized carbons (Fsp3) is 0. The van der Waals surface area contributed by atoms with Crippen molar-refractivity contribution in [2.24, 2.45) is 0 Å². The molecule has 0 saturated heterocycles. The van der Waals surface area contributed by atoms with Gasteiger partial charge < -0.3 is 20.9 Å². The van der Waals surface area contributed by atoms with Gasteiger partial charge in [-0.05, 0) is 48.5 Å². The zero-order chi connectivity index (χ0) is 25.3. The van der Waals surface area contributed by atoms with Crippen molar-refractivity contribution in [3.63, 3.8) is 0 Å². The number of halogens is 6. The number of hydrogen-bond donors (Lipinski definition) is 0. The Bertz CT molecular complexity index is 1180. The molecule has 37 heavy (non-hydrogen) atoms. The summed E-state index contributed by atoms with van der Waals surface area (Å²) >= 11 is 0. The molecule has 0 aliphatic heterocycles. The number of carbonyl (C=O) groups excluding carboxylic acids is 1. The number of aromatic nitrogens is 4. The fourth-order valence-electron chi connectivity index (χ4n) is 2.23. The topological polar surface area (TPSA) is 156 Å². The summed E-state index contributed by atoms with van der Waals surface area (Å²) in [5, 5.41) is 10.6. The van der Waals surface area contributed by atoms with Gasteiger partial charge >= 0.3 is 52.5 Å². The Morgan fingerprint density at radius 3 is 1.24 bits per heavy atom. The van der Waals surface area contributed by atoms with Gasteiger partial charge in [0.25, 0.3) is 0 Å². The number of rotatable bonds is 3. The normalized spacial score (nSPS) is 11.5. The second kappa shape index (κ2) is 13.8. The molecule has 4 aromatic heterocycles. The molecule has 0 saturated carbocycles. The van der Waals surface area contributed by atoms with Crippen molar-refractivity contribution in [3.8, 4) is 22.8 Å². The largest absolute Gasteiger partial charge is 2.00 e. The molecule has 0 atom stereocenters. The van der Waals surface area contributed by atoms with Crippen LogP contribution in [0.2, 0.25) is 0 Å². The van der Waals surface area contributed by atoms with E-state index in [0.717, 1.165) is 11.4 Å². The van der Waals surface area contributed by atoms with E-state index in [1.807, 2.05) is 42.5 Å². The zero-order valence-corrected chi connectivity index (χ0v) is 21.0. The van der Waals surface area contributed by atoms with Crippen LogP contribution >= 0.6 is 7.81 Å². The summed E-state index contributed by atoms with van der Waals surface area (Å²) in [5.74, 6) is -1.28. The van der Waals surface area contributed by atoms with Crippen molar-refractivity contribution in [2.45, 2.75) is 0 Å². The van der Waals surface area contributed by atoms with E-state index in [1.165, 1.54) is 6.07 Å². The number of aromatic carboxylic acids is 1. The predicted molar refractivity (Wildman–Crippen MR) is 121 cm³/mol. The summed E-state index contributed by atoms with van der Waals surface area (Å²) < 4.78 is 59.2. The molecule has 0 spiro atoms. The number of carbonyl (C=O) groups is 1. The molecule has 4 heterocycles. The number of nitrogens with zero attached hydrogens (tertiary/aromatic N) is 4. The van der Waals surface area contributed by atoms with Crippen LogP contribution < -0.4 is 5.11 Å². The second-order valence-corrected chi connectivity index (χ2v) is 8.22. The van der Waals surface area contributed by atoms with E-state index in [-0.39, 0.29) is 36.1 Å². The summed E-state index contributed by atoms with van der Waals surface area (Å²) in [6, 6.07) is 21.7. The van der Waals surface area contributed by atoms with Gasteiger partial charge in [-0.1, -0.05) is 24.3 Å². The van der Waals surface area contributed by atoms with Crippen LogP contribution in [-0.2, 0) is 25.0 Å². The molecule has 0 unspecified atom stereocenters. The van der Waals surface area contributed by atoms with Crippen molar-refractivity contribution in [3.05, 3.63) is 97.1 Å². The van der Waals surface area contributed by atoms with E-state index < -0.39 is 13.8 Å². The van der Waals surface area contributed by atoms with Gasteiger partial charge in [-0.15, -0.1) is 0 Å². The molecule has 16 heteroatoms. The Kier molecular flexibility index (Phi) is 13.3. The first-order valence-electron chi connectivity index (χ1n) is 9.18. The van der Waals surface area contributed by atoms with Gasteiger partial charge in [0.2, 0.25) is 0 Å². The van der Waals surface area contributed by atoms with Crippen LogP contribution in [0, 0.1) is 0 Å². The van der Waals surface area contributed by atoms with Crippen LogP contribution in [0.1, 0.15) is 10.5 Å². The van der Waals surface area contributed by atoms with Crippen LogP contribution in [-0.4, -0.2) is 31.4 Å². The maximum atomic E-state index is 10.6. The Balaban J connectivity index is 0. The molecule has 0 amide bonds. The van der Waals surface area contributed by atoms with E-state index in [4.69, 9.17) is 0 Å².